The van der Waals surface area contributed by atoms with Crippen molar-refractivity contribution in [3.63, 3.8) is 0 Å². The number of nitrogens with zero attached hydrogens (tertiary/aromatic N) is 2. The fourth-order valence-electron chi connectivity index (χ4n) is 3.14. The Morgan fingerprint density at radius 2 is 2.23 bits per heavy atom. The lowest BCUT2D eigenvalue weighted by Crippen LogP contribution is -2.60. The summed E-state index contributed by atoms with van der Waals surface area (Å²) < 4.78 is 19.4. The molecule has 0 aromatic heterocycles. The lowest BCUT2D eigenvalue weighted by molar-refractivity contribution is -0.0869. The summed E-state index contributed by atoms with van der Waals surface area (Å²) in [6.07, 6.45) is 0.890. The van der Waals surface area contributed by atoms with Gasteiger partial charge in [-0.25, -0.2) is 4.39 Å². The molecule has 0 saturated carbocycles. The van der Waals surface area contributed by atoms with Crippen LogP contribution >= 0.6 is 11.6 Å². The number of hydrogen-bond acceptors (Lipinski definition) is 4. The maximum absolute atomic E-state index is 13.6. The highest BCUT2D eigenvalue weighted by Crippen LogP contribution is 2.30. The van der Waals surface area contributed by atoms with Gasteiger partial charge in [-0.2, -0.15) is 0 Å². The van der Waals surface area contributed by atoms with Gasteiger partial charge in [0.1, 0.15) is 0 Å². The summed E-state index contributed by atoms with van der Waals surface area (Å²) in [5.41, 5.74) is 0.147. The standard InChI is InChI=1S/C15H18ClFN2O3/c1-18-3-2-13-12(8-18)19(4-5-22-13)15(21)9-6-10(16)14(20)11(17)7-9/h6-7,12-13,20H,2-5,8H2,1H3. The summed E-state index contributed by atoms with van der Waals surface area (Å²) in [4.78, 5) is 16.6. The summed E-state index contributed by atoms with van der Waals surface area (Å²) in [7, 11) is 2.00. The molecule has 0 radical (unpaired) electrons. The number of phenolic OH excluding ortho intramolecular Hbond substituents is 1. The van der Waals surface area contributed by atoms with E-state index in [1.165, 1.54) is 6.07 Å². The van der Waals surface area contributed by atoms with E-state index in [4.69, 9.17) is 16.3 Å². The maximum Gasteiger partial charge on any atom is 0.254 e. The van der Waals surface area contributed by atoms with E-state index in [1.54, 1.807) is 4.90 Å². The van der Waals surface area contributed by atoms with Gasteiger partial charge < -0.3 is 19.6 Å². The SMILES string of the molecule is CN1CCC2OCCN(C(=O)c3cc(F)c(O)c(Cl)c3)C2C1. The number of morpholine rings is 1. The molecule has 2 unspecified atom stereocenters. The van der Waals surface area contributed by atoms with Crippen LogP contribution in [0.25, 0.3) is 0 Å². The van der Waals surface area contributed by atoms with E-state index >= 15 is 0 Å². The predicted molar refractivity (Wildman–Crippen MR) is 79.8 cm³/mol. The molecule has 2 heterocycles. The maximum atomic E-state index is 13.6. The first-order valence-corrected chi connectivity index (χ1v) is 7.64. The van der Waals surface area contributed by atoms with Crippen LogP contribution in [0.3, 0.4) is 0 Å². The number of hydrogen-bond donors (Lipinski definition) is 1. The molecular weight excluding hydrogens is 311 g/mol. The second-order valence-electron chi connectivity index (χ2n) is 5.81. The molecule has 0 spiro atoms. The van der Waals surface area contributed by atoms with Crippen LogP contribution < -0.4 is 0 Å². The van der Waals surface area contributed by atoms with Crippen molar-refractivity contribution in [1.29, 1.82) is 0 Å². The van der Waals surface area contributed by atoms with E-state index in [9.17, 15) is 14.3 Å². The van der Waals surface area contributed by atoms with Crippen molar-refractivity contribution in [2.75, 3.05) is 33.3 Å². The monoisotopic (exact) mass is 328 g/mol. The van der Waals surface area contributed by atoms with Gasteiger partial charge in [-0.05, 0) is 25.6 Å². The fraction of sp³-hybridized carbons (Fsp3) is 0.533. The number of likely N-dealkylation sites (N-methyl/N-ethyl adjacent to an activating group) is 1. The van der Waals surface area contributed by atoms with Crippen LogP contribution in [0.5, 0.6) is 5.75 Å². The van der Waals surface area contributed by atoms with Crippen molar-refractivity contribution in [2.45, 2.75) is 18.6 Å². The van der Waals surface area contributed by atoms with Crippen molar-refractivity contribution in [3.05, 3.63) is 28.5 Å². The van der Waals surface area contributed by atoms with Gasteiger partial charge in [-0.15, -0.1) is 0 Å². The Morgan fingerprint density at radius 1 is 1.45 bits per heavy atom. The second-order valence-corrected chi connectivity index (χ2v) is 6.22. The Labute approximate surface area is 133 Å². The van der Waals surface area contributed by atoms with Gasteiger partial charge in [0.15, 0.2) is 11.6 Å². The smallest absolute Gasteiger partial charge is 0.254 e. The van der Waals surface area contributed by atoms with Gasteiger partial charge in [0.05, 0.1) is 23.8 Å². The third-order valence-corrected chi connectivity index (χ3v) is 4.60. The lowest BCUT2D eigenvalue weighted by atomic mass is 9.98. The molecule has 2 fully saturated rings. The number of rotatable bonds is 1. The molecule has 1 aromatic carbocycles. The molecule has 0 bridgehead atoms. The van der Waals surface area contributed by atoms with Gasteiger partial charge in [-0.3, -0.25) is 4.79 Å². The third-order valence-electron chi connectivity index (χ3n) is 4.31. The molecule has 120 valence electrons. The Bertz CT molecular complexity index is 575. The minimum atomic E-state index is -0.888. The van der Waals surface area contributed by atoms with Crippen molar-refractivity contribution < 1.29 is 19.0 Å². The largest absolute Gasteiger partial charge is 0.504 e. The molecule has 2 aliphatic heterocycles. The number of likely N-dealkylation sites (tertiary alicyclic amines) is 1. The molecule has 1 amide bonds. The minimum Gasteiger partial charge on any atom is -0.504 e. The van der Waals surface area contributed by atoms with Crippen LogP contribution in [0, 0.1) is 5.82 Å². The van der Waals surface area contributed by atoms with Crippen LogP contribution in [0.2, 0.25) is 5.02 Å². The van der Waals surface area contributed by atoms with Crippen LogP contribution in [0.1, 0.15) is 16.8 Å². The first-order valence-electron chi connectivity index (χ1n) is 7.26. The van der Waals surface area contributed by atoms with Crippen molar-refractivity contribution in [2.24, 2.45) is 0 Å². The molecule has 2 atom stereocenters. The van der Waals surface area contributed by atoms with Crippen LogP contribution in [0.15, 0.2) is 12.1 Å². The Balaban J connectivity index is 1.87. The molecule has 7 heteroatoms. The first-order chi connectivity index (χ1) is 10.5. The summed E-state index contributed by atoms with van der Waals surface area (Å²) >= 11 is 5.77. The summed E-state index contributed by atoms with van der Waals surface area (Å²) in [6.45, 7) is 2.60. The number of ether oxygens (including phenoxy) is 1. The number of amides is 1. The highest BCUT2D eigenvalue weighted by molar-refractivity contribution is 6.32. The molecular formula is C15H18ClFN2O3. The minimum absolute atomic E-state index is 0.0198. The zero-order chi connectivity index (χ0) is 15.9. The number of phenols is 1. The average molecular weight is 329 g/mol. The molecule has 22 heavy (non-hydrogen) atoms. The van der Waals surface area contributed by atoms with Crippen molar-refractivity contribution >= 4 is 17.5 Å². The number of carbonyl (C=O) groups excluding carboxylic acids is 1. The zero-order valence-corrected chi connectivity index (χ0v) is 13.0. The number of fused-ring (bicyclic) bond motifs is 1. The molecule has 3 rings (SSSR count). The van der Waals surface area contributed by atoms with Crippen molar-refractivity contribution in [3.8, 4) is 5.75 Å². The summed E-state index contributed by atoms with van der Waals surface area (Å²) in [6, 6.07) is 2.29. The molecule has 5 nitrogen and oxygen atoms in total. The van der Waals surface area contributed by atoms with Crippen molar-refractivity contribution in [1.82, 2.24) is 9.80 Å². The van der Waals surface area contributed by atoms with Gasteiger partial charge in [0, 0.05) is 25.2 Å². The lowest BCUT2D eigenvalue weighted by Gasteiger charge is -2.46. The number of halogens is 2. The molecule has 1 N–H and O–H groups in total. The molecule has 2 aliphatic rings. The highest BCUT2D eigenvalue weighted by atomic mass is 35.5. The predicted octanol–water partition coefficient (Wildman–Crippen LogP) is 1.73. The van der Waals surface area contributed by atoms with Gasteiger partial charge >= 0.3 is 0 Å². The van der Waals surface area contributed by atoms with Crippen LogP contribution in [-0.2, 0) is 4.74 Å². The summed E-state index contributed by atoms with van der Waals surface area (Å²) in [5.74, 6) is -1.80. The van der Waals surface area contributed by atoms with Gasteiger partial charge in [-0.1, -0.05) is 11.6 Å². The Morgan fingerprint density at radius 3 is 2.95 bits per heavy atom. The van der Waals surface area contributed by atoms with Gasteiger partial charge in [0.2, 0.25) is 0 Å². The molecule has 2 saturated heterocycles. The average Bonchev–Trinajstić information content (AvgIpc) is 2.50. The fourth-order valence-corrected chi connectivity index (χ4v) is 3.34. The molecule has 1 aromatic rings. The number of benzene rings is 1. The van der Waals surface area contributed by atoms with Crippen LogP contribution in [-0.4, -0.2) is 66.2 Å². The van der Waals surface area contributed by atoms with Gasteiger partial charge in [0.25, 0.3) is 5.91 Å². The Hall–Kier alpha value is -1.37. The van der Waals surface area contributed by atoms with E-state index in [-0.39, 0.29) is 28.6 Å². The number of aromatic hydroxyl groups is 1. The van der Waals surface area contributed by atoms with E-state index in [0.717, 1.165) is 25.6 Å². The normalized spacial score (nSPS) is 25.9. The molecule has 0 aliphatic carbocycles. The topological polar surface area (TPSA) is 53.0 Å². The highest BCUT2D eigenvalue weighted by Gasteiger charge is 2.38. The van der Waals surface area contributed by atoms with E-state index < -0.39 is 11.6 Å². The Kier molecular flexibility index (Phi) is 4.25. The number of carbonyl (C=O) groups is 1. The van der Waals surface area contributed by atoms with E-state index in [1.807, 2.05) is 7.05 Å². The first kappa shape index (κ1) is 15.5. The number of piperidine rings is 1. The summed E-state index contributed by atoms with van der Waals surface area (Å²) in [5, 5.41) is 9.23. The van der Waals surface area contributed by atoms with E-state index in [0.29, 0.717) is 13.2 Å². The zero-order valence-electron chi connectivity index (χ0n) is 12.3. The van der Waals surface area contributed by atoms with E-state index in [2.05, 4.69) is 4.90 Å². The third kappa shape index (κ3) is 2.78. The second kappa shape index (κ2) is 6.02. The quantitative estimate of drug-likeness (QED) is 0.853. The van der Waals surface area contributed by atoms with Crippen LogP contribution in [0.4, 0.5) is 4.39 Å².